The lowest BCUT2D eigenvalue weighted by Gasteiger charge is -2.00. The Labute approximate surface area is 138 Å². The van der Waals surface area contributed by atoms with Gasteiger partial charge in [0.2, 0.25) is 0 Å². The number of nitrogens with two attached hydrogens (primary N) is 2. The number of guanidine groups is 2. The molecule has 2 fully saturated rings. The van der Waals surface area contributed by atoms with Gasteiger partial charge in [-0.1, -0.05) is 13.3 Å². The van der Waals surface area contributed by atoms with Gasteiger partial charge in [0.15, 0.2) is 11.9 Å². The van der Waals surface area contributed by atoms with Crippen LogP contribution < -0.4 is 27.4 Å². The van der Waals surface area contributed by atoms with Gasteiger partial charge in [-0.05, 0) is 6.42 Å². The van der Waals surface area contributed by atoms with Crippen molar-refractivity contribution in [2.24, 2.45) is 16.5 Å². The fourth-order valence-corrected chi connectivity index (χ4v) is 1.26. The molecule has 10 heteroatoms. The van der Waals surface area contributed by atoms with Gasteiger partial charge < -0.3 is 20.9 Å². The average molecular weight is 340 g/mol. The lowest BCUT2D eigenvalue weighted by molar-refractivity contribution is 0.194. The van der Waals surface area contributed by atoms with E-state index in [1.54, 1.807) is 0 Å². The third kappa shape index (κ3) is 18.9. The summed E-state index contributed by atoms with van der Waals surface area (Å²) < 4.78 is 9.67. The highest BCUT2D eigenvalue weighted by Gasteiger charge is 1.93. The van der Waals surface area contributed by atoms with Crippen LogP contribution in [-0.2, 0) is 9.47 Å². The van der Waals surface area contributed by atoms with Crippen LogP contribution >= 0.6 is 12.4 Å². The fourth-order valence-electron chi connectivity index (χ4n) is 1.26. The first-order valence-corrected chi connectivity index (χ1v) is 7.14. The van der Waals surface area contributed by atoms with Crippen LogP contribution in [-0.4, -0.2) is 58.2 Å². The summed E-state index contributed by atoms with van der Waals surface area (Å²) in [6.07, 6.45) is 2.08. The maximum absolute atomic E-state index is 6.81. The molecule has 2 aliphatic rings. The zero-order valence-electron chi connectivity index (χ0n) is 13.2. The molecule has 2 aliphatic heterocycles. The van der Waals surface area contributed by atoms with Crippen LogP contribution in [0.25, 0.3) is 0 Å². The zero-order chi connectivity index (χ0) is 15.8. The largest absolute Gasteiger partial charge is 0.370 e. The first-order chi connectivity index (χ1) is 10.2. The second-order valence-electron chi connectivity index (χ2n) is 4.26. The molecule has 0 saturated carbocycles. The Morgan fingerprint density at radius 1 is 1.18 bits per heavy atom. The van der Waals surface area contributed by atoms with Gasteiger partial charge in [0.1, 0.15) is 0 Å². The topological polar surface area (TPSA) is 143 Å². The molecule has 0 unspecified atom stereocenters. The van der Waals surface area contributed by atoms with E-state index in [9.17, 15) is 0 Å². The summed E-state index contributed by atoms with van der Waals surface area (Å²) in [7, 11) is 0. The number of nitrogens with zero attached hydrogens (tertiary/aromatic N) is 1. The maximum Gasteiger partial charge on any atom is 0.195 e. The van der Waals surface area contributed by atoms with E-state index in [-0.39, 0.29) is 24.3 Å². The Morgan fingerprint density at radius 2 is 1.73 bits per heavy atom. The first kappa shape index (κ1) is 23.1. The summed E-state index contributed by atoms with van der Waals surface area (Å²) in [5, 5.41) is 15.2. The highest BCUT2D eigenvalue weighted by Crippen LogP contribution is 1.85. The lowest BCUT2D eigenvalue weighted by Crippen LogP contribution is -2.40. The molecular weight excluding hydrogens is 310 g/mol. The van der Waals surface area contributed by atoms with E-state index in [1.807, 2.05) is 0 Å². The summed E-state index contributed by atoms with van der Waals surface area (Å²) in [4.78, 5) is 3.92. The zero-order valence-corrected chi connectivity index (χ0v) is 14.0. The van der Waals surface area contributed by atoms with Gasteiger partial charge in [0, 0.05) is 19.6 Å². The number of aliphatic imine (C=N–C) groups is 1. The third-order valence-corrected chi connectivity index (χ3v) is 2.31. The normalized spacial score (nSPS) is 16.5. The number of hydrogen-bond donors (Lipinski definition) is 6. The van der Waals surface area contributed by atoms with E-state index in [2.05, 4.69) is 27.9 Å². The van der Waals surface area contributed by atoms with E-state index >= 15 is 0 Å². The minimum Gasteiger partial charge on any atom is -0.370 e. The van der Waals surface area contributed by atoms with E-state index in [0.29, 0.717) is 6.54 Å². The van der Waals surface area contributed by atoms with Crippen molar-refractivity contribution in [2.75, 3.05) is 46.3 Å². The maximum atomic E-state index is 6.81. The van der Waals surface area contributed by atoms with E-state index < -0.39 is 0 Å². The van der Waals surface area contributed by atoms with Crippen LogP contribution in [0.3, 0.4) is 0 Å². The Hall–Kier alpha value is -1.13. The van der Waals surface area contributed by atoms with Crippen molar-refractivity contribution in [1.29, 1.82) is 5.41 Å². The molecule has 9 nitrogen and oxygen atoms in total. The fraction of sp³-hybridized carbons (Fsp3) is 0.833. The Morgan fingerprint density at radius 3 is 2.00 bits per heavy atom. The molecule has 2 rings (SSSR count). The van der Waals surface area contributed by atoms with Crippen LogP contribution in [0.1, 0.15) is 19.8 Å². The van der Waals surface area contributed by atoms with Gasteiger partial charge in [-0.15, -0.1) is 12.4 Å². The summed E-state index contributed by atoms with van der Waals surface area (Å²) in [6.45, 7) is 8.09. The molecule has 0 radical (unpaired) electrons. The Bertz CT molecular complexity index is 259. The molecule has 8 N–H and O–H groups in total. The van der Waals surface area contributed by atoms with Gasteiger partial charge in [-0.3, -0.25) is 26.4 Å². The number of halogens is 1. The molecule has 132 valence electrons. The second kappa shape index (κ2) is 17.9. The summed E-state index contributed by atoms with van der Waals surface area (Å²) in [5.74, 6) is 0.0358. The average Bonchev–Trinajstić information content (AvgIpc) is 3.17. The van der Waals surface area contributed by atoms with E-state index in [4.69, 9.17) is 26.4 Å². The van der Waals surface area contributed by atoms with Crippen LogP contribution in [0.15, 0.2) is 4.99 Å². The van der Waals surface area contributed by atoms with Crippen LogP contribution in [0.2, 0.25) is 0 Å². The van der Waals surface area contributed by atoms with Crippen molar-refractivity contribution < 1.29 is 9.47 Å². The van der Waals surface area contributed by atoms with Gasteiger partial charge in [0.05, 0.1) is 26.7 Å². The monoisotopic (exact) mass is 339 g/mol. The summed E-state index contributed by atoms with van der Waals surface area (Å²) >= 11 is 0. The highest BCUT2D eigenvalue weighted by molar-refractivity contribution is 5.95. The van der Waals surface area contributed by atoms with Crippen LogP contribution in [0, 0.1) is 5.41 Å². The number of unbranched alkanes of at least 4 members (excludes halogenated alkanes) is 1. The van der Waals surface area contributed by atoms with Crippen LogP contribution in [0.5, 0.6) is 0 Å². The Balaban J connectivity index is 0. The number of nitrogens with one attached hydrogen (secondary N) is 4. The molecule has 0 amide bonds. The molecule has 0 spiro atoms. The van der Waals surface area contributed by atoms with Crippen molar-refractivity contribution in [1.82, 2.24) is 16.0 Å². The smallest absolute Gasteiger partial charge is 0.195 e. The van der Waals surface area contributed by atoms with Crippen molar-refractivity contribution >= 4 is 24.3 Å². The molecule has 0 bridgehead atoms. The van der Waals surface area contributed by atoms with Crippen molar-refractivity contribution in [3.05, 3.63) is 0 Å². The summed E-state index contributed by atoms with van der Waals surface area (Å²) in [6, 6.07) is 0. The predicted octanol–water partition coefficient (Wildman–Crippen LogP) is -0.867. The molecule has 0 aromatic heterocycles. The SMILES string of the molecule is C1COCN1.C1COCN1.CCCCN=C(N)NC(=N)N.Cl. The third-order valence-electron chi connectivity index (χ3n) is 2.31. The molecule has 0 aromatic rings. The standard InChI is InChI=1S/C6H15N5.2C3H7NO.ClH/c1-2-3-4-10-6(9)11-5(7)8;2*1-2-5-3-4-1;/h2-4H2,1H3,(H6,7,8,9,10,11);2*4H,1-3H2;1H. The van der Waals surface area contributed by atoms with Gasteiger partial charge in [0.25, 0.3) is 0 Å². The molecule has 0 aliphatic carbocycles. The predicted molar refractivity (Wildman–Crippen MR) is 91.3 cm³/mol. The van der Waals surface area contributed by atoms with Crippen molar-refractivity contribution in [3.63, 3.8) is 0 Å². The lowest BCUT2D eigenvalue weighted by atomic mass is 10.3. The number of ether oxygens (including phenoxy) is 2. The number of rotatable bonds is 3. The van der Waals surface area contributed by atoms with E-state index in [1.165, 1.54) is 0 Å². The second-order valence-corrected chi connectivity index (χ2v) is 4.26. The van der Waals surface area contributed by atoms with Crippen molar-refractivity contribution in [2.45, 2.75) is 19.8 Å². The first-order valence-electron chi connectivity index (χ1n) is 7.14. The minimum absolute atomic E-state index is 0. The molecular formula is C12H30ClN7O2. The van der Waals surface area contributed by atoms with E-state index in [0.717, 1.165) is 52.6 Å². The highest BCUT2D eigenvalue weighted by atomic mass is 35.5. The molecule has 0 aromatic carbocycles. The summed E-state index contributed by atoms with van der Waals surface area (Å²) in [5.41, 5.74) is 10.3. The van der Waals surface area contributed by atoms with Crippen LogP contribution in [0.4, 0.5) is 0 Å². The van der Waals surface area contributed by atoms with Crippen molar-refractivity contribution in [3.8, 4) is 0 Å². The van der Waals surface area contributed by atoms with Gasteiger partial charge >= 0.3 is 0 Å². The number of hydrogen-bond acceptors (Lipinski definition) is 6. The molecule has 0 atom stereocenters. The Kier molecular flexibility index (Phi) is 18.8. The minimum atomic E-state index is -0.178. The van der Waals surface area contributed by atoms with Gasteiger partial charge in [-0.2, -0.15) is 0 Å². The molecule has 2 heterocycles. The van der Waals surface area contributed by atoms with Gasteiger partial charge in [-0.25, -0.2) is 0 Å². The molecule has 2 saturated heterocycles. The molecule has 22 heavy (non-hydrogen) atoms. The quantitative estimate of drug-likeness (QED) is 0.223.